The van der Waals surface area contributed by atoms with Gasteiger partial charge < -0.3 is 26.5 Å². The van der Waals surface area contributed by atoms with Gasteiger partial charge in [0.05, 0.1) is 11.7 Å². The first-order valence-electron chi connectivity index (χ1n) is 8.09. The molecule has 1 aromatic heterocycles. The summed E-state index contributed by atoms with van der Waals surface area (Å²) < 4.78 is 0. The number of aromatic nitrogens is 2. The Kier molecular flexibility index (Phi) is 3.93. The van der Waals surface area contributed by atoms with Crippen molar-refractivity contribution in [2.45, 2.75) is 0 Å². The molecule has 2 aromatic carbocycles. The summed E-state index contributed by atoms with van der Waals surface area (Å²) in [4.78, 5) is 0. The number of benzene rings is 2. The Bertz CT molecular complexity index is 1210. The monoisotopic (exact) mass is 377 g/mol. The number of fused-ring (bicyclic) bond motifs is 1. The lowest BCUT2D eigenvalue weighted by atomic mass is 9.99. The van der Waals surface area contributed by atoms with Crippen LogP contribution in [-0.4, -0.2) is 31.4 Å². The Morgan fingerprint density at radius 2 is 1.86 bits per heavy atom. The summed E-state index contributed by atoms with van der Waals surface area (Å²) >= 11 is 0. The van der Waals surface area contributed by atoms with Crippen LogP contribution in [0.1, 0.15) is 5.56 Å². The summed E-state index contributed by atoms with van der Waals surface area (Å²) in [5.74, 6) is 3.43. The zero-order valence-electron chi connectivity index (χ0n) is 14.3. The maximum Gasteiger partial charge on any atom is 0.205 e. The molecule has 10 nitrogen and oxygen atoms in total. The fourth-order valence-corrected chi connectivity index (χ4v) is 2.90. The lowest BCUT2D eigenvalue weighted by Gasteiger charge is -2.21. The lowest BCUT2D eigenvalue weighted by molar-refractivity contribution is 0.257. The van der Waals surface area contributed by atoms with Crippen LogP contribution in [0.3, 0.4) is 0 Å². The number of hydrogen-bond donors (Lipinski definition) is 7. The second kappa shape index (κ2) is 6.43. The molecule has 1 aliphatic carbocycles. The van der Waals surface area contributed by atoms with Crippen LogP contribution in [0.4, 0.5) is 5.69 Å². The maximum absolute atomic E-state index is 9.70. The Morgan fingerprint density at radius 3 is 2.61 bits per heavy atom. The normalized spacial score (nSPS) is 14.0. The van der Waals surface area contributed by atoms with Crippen LogP contribution >= 0.6 is 0 Å². The van der Waals surface area contributed by atoms with Crippen molar-refractivity contribution in [2.24, 2.45) is 16.2 Å². The van der Waals surface area contributed by atoms with Crippen molar-refractivity contribution in [3.8, 4) is 11.1 Å². The highest BCUT2D eigenvalue weighted by Gasteiger charge is 2.29. The summed E-state index contributed by atoms with van der Waals surface area (Å²) in [5.41, 5.74) is 3.33. The molecule has 0 atom stereocenters. The molecule has 0 unspecified atom stereocenters. The average molecular weight is 377 g/mol. The van der Waals surface area contributed by atoms with Gasteiger partial charge in [-0.05, 0) is 41.5 Å². The Labute approximate surface area is 157 Å². The van der Waals surface area contributed by atoms with Crippen LogP contribution in [0.15, 0.2) is 75.9 Å². The predicted octanol–water partition coefficient (Wildman–Crippen LogP) is 3.40. The van der Waals surface area contributed by atoms with E-state index < -0.39 is 17.3 Å². The second-order valence-corrected chi connectivity index (χ2v) is 6.08. The number of nitrogens with one attached hydrogen (secondary N) is 3. The smallest absolute Gasteiger partial charge is 0.205 e. The Hall–Kier alpha value is -4.34. The van der Waals surface area contributed by atoms with E-state index in [9.17, 15) is 15.3 Å². The highest BCUT2D eigenvalue weighted by molar-refractivity contribution is 5.99. The SMILES string of the molecule is N=C(N=NN)c1cc(NC2=C(O)C(O)=C2O)cc(-c2ccc3[nH]ncc3c2)c1. The van der Waals surface area contributed by atoms with E-state index in [4.69, 9.17) is 11.3 Å². The standard InChI is InChI=1S/C18H15N7O3/c19-18(24-25-20)10-4-9(8-1-2-13-11(3-8)7-21-23-13)5-12(6-10)22-14-15(26)17(28)16(14)27/h1-7,22,26-28H,(H,21,23)(H3,19,20,24). The minimum Gasteiger partial charge on any atom is -0.503 e. The largest absolute Gasteiger partial charge is 0.503 e. The quantitative estimate of drug-likeness (QED) is 0.120. The highest BCUT2D eigenvalue weighted by atomic mass is 16.3. The number of H-pyrrole nitrogens is 1. The second-order valence-electron chi connectivity index (χ2n) is 6.08. The summed E-state index contributed by atoms with van der Waals surface area (Å²) in [7, 11) is 0. The Morgan fingerprint density at radius 1 is 1.04 bits per heavy atom. The van der Waals surface area contributed by atoms with Crippen molar-refractivity contribution in [1.82, 2.24) is 10.2 Å². The van der Waals surface area contributed by atoms with Gasteiger partial charge >= 0.3 is 0 Å². The van der Waals surface area contributed by atoms with Crippen molar-refractivity contribution in [1.29, 1.82) is 5.41 Å². The van der Waals surface area contributed by atoms with Gasteiger partial charge in [-0.3, -0.25) is 10.5 Å². The zero-order chi connectivity index (χ0) is 19.8. The van der Waals surface area contributed by atoms with E-state index in [1.165, 1.54) is 0 Å². The Balaban J connectivity index is 1.79. The van der Waals surface area contributed by atoms with E-state index in [0.717, 1.165) is 22.0 Å². The molecule has 0 spiro atoms. The van der Waals surface area contributed by atoms with E-state index in [2.05, 4.69) is 25.9 Å². The molecule has 1 aliphatic rings. The minimum atomic E-state index is -0.575. The summed E-state index contributed by atoms with van der Waals surface area (Å²) in [6.07, 6.45) is 1.70. The number of amidine groups is 1. The first-order chi connectivity index (χ1) is 13.5. The van der Waals surface area contributed by atoms with Gasteiger partial charge in [0.2, 0.25) is 5.76 Å². The van der Waals surface area contributed by atoms with Gasteiger partial charge in [-0.2, -0.15) is 5.10 Å². The van der Waals surface area contributed by atoms with Crippen molar-refractivity contribution >= 4 is 22.4 Å². The summed E-state index contributed by atoms with van der Waals surface area (Å²) in [6.45, 7) is 0. The molecule has 0 amide bonds. The molecule has 28 heavy (non-hydrogen) atoms. The molecule has 0 fully saturated rings. The maximum atomic E-state index is 9.70. The van der Waals surface area contributed by atoms with Gasteiger partial charge in [0.1, 0.15) is 5.70 Å². The van der Waals surface area contributed by atoms with E-state index in [-0.39, 0.29) is 11.5 Å². The molecule has 0 saturated carbocycles. The summed E-state index contributed by atoms with van der Waals surface area (Å²) in [5, 5.41) is 54.1. The van der Waals surface area contributed by atoms with Crippen LogP contribution in [0, 0.1) is 5.41 Å². The third-order valence-corrected chi connectivity index (χ3v) is 4.33. The third-order valence-electron chi connectivity index (χ3n) is 4.33. The molecule has 0 aliphatic heterocycles. The lowest BCUT2D eigenvalue weighted by Crippen LogP contribution is -2.18. The fraction of sp³-hybridized carbons (Fsp3) is 0. The zero-order valence-corrected chi connectivity index (χ0v) is 14.3. The summed E-state index contributed by atoms with van der Waals surface area (Å²) in [6, 6.07) is 10.8. The molecule has 10 heteroatoms. The average Bonchev–Trinajstić information content (AvgIpc) is 3.19. The third kappa shape index (κ3) is 2.78. The van der Waals surface area contributed by atoms with Gasteiger partial charge in [0, 0.05) is 16.6 Å². The van der Waals surface area contributed by atoms with Crippen LogP contribution in [-0.2, 0) is 0 Å². The van der Waals surface area contributed by atoms with Crippen LogP contribution in [0.2, 0.25) is 0 Å². The van der Waals surface area contributed by atoms with Crippen LogP contribution in [0.25, 0.3) is 22.0 Å². The molecule has 140 valence electrons. The number of nitrogens with two attached hydrogens (primary N) is 1. The van der Waals surface area contributed by atoms with E-state index in [1.54, 1.807) is 24.4 Å². The van der Waals surface area contributed by atoms with Gasteiger partial charge in [0.25, 0.3) is 0 Å². The van der Waals surface area contributed by atoms with Gasteiger partial charge in [-0.1, -0.05) is 11.3 Å². The topological polar surface area (TPSA) is 176 Å². The van der Waals surface area contributed by atoms with Gasteiger partial charge in [-0.15, -0.1) is 5.11 Å². The molecule has 8 N–H and O–H groups in total. The number of anilines is 1. The molecular weight excluding hydrogens is 362 g/mol. The van der Waals surface area contributed by atoms with Crippen molar-refractivity contribution in [3.05, 3.63) is 71.1 Å². The number of nitrogens with zero attached hydrogens (tertiary/aromatic N) is 3. The first-order valence-corrected chi connectivity index (χ1v) is 8.09. The number of aromatic amines is 1. The highest BCUT2D eigenvalue weighted by Crippen LogP contribution is 2.33. The van der Waals surface area contributed by atoms with Crippen molar-refractivity contribution in [2.75, 3.05) is 5.32 Å². The first kappa shape index (κ1) is 17.1. The number of rotatable bonds is 4. The van der Waals surface area contributed by atoms with Crippen LogP contribution in [0.5, 0.6) is 0 Å². The molecule has 3 aromatic rings. The van der Waals surface area contributed by atoms with Gasteiger partial charge in [0.15, 0.2) is 17.4 Å². The molecule has 0 saturated heterocycles. The van der Waals surface area contributed by atoms with Crippen molar-refractivity contribution < 1.29 is 15.3 Å². The van der Waals surface area contributed by atoms with Gasteiger partial charge in [-0.25, -0.2) is 0 Å². The van der Waals surface area contributed by atoms with E-state index >= 15 is 0 Å². The van der Waals surface area contributed by atoms with E-state index in [0.29, 0.717) is 11.3 Å². The van der Waals surface area contributed by atoms with Crippen molar-refractivity contribution in [3.63, 3.8) is 0 Å². The number of aliphatic hydroxyl groups excluding tert-OH is 3. The predicted molar refractivity (Wildman–Crippen MR) is 103 cm³/mol. The molecule has 0 bridgehead atoms. The minimum absolute atomic E-state index is 0.0159. The fourth-order valence-electron chi connectivity index (χ4n) is 2.90. The molecule has 1 heterocycles. The van der Waals surface area contributed by atoms with E-state index in [1.807, 2.05) is 18.2 Å². The molecule has 0 radical (unpaired) electrons. The number of hydrogen-bond acceptors (Lipinski definition) is 7. The molecular formula is C18H15N7O3. The van der Waals surface area contributed by atoms with Crippen LogP contribution < -0.4 is 11.2 Å². The molecule has 4 rings (SSSR count). The number of aliphatic hydroxyl groups is 3.